The molecule has 0 radical (unpaired) electrons. The average molecular weight is 447 g/mol. The number of nitrogens with zero attached hydrogens (tertiary/aromatic N) is 3. The lowest BCUT2D eigenvalue weighted by molar-refractivity contribution is -0.124. The number of carbonyl (C=O) groups excluding carboxylic acids is 2. The van der Waals surface area contributed by atoms with Crippen LogP contribution in [0.25, 0.3) is 0 Å². The van der Waals surface area contributed by atoms with E-state index in [1.54, 1.807) is 0 Å². The van der Waals surface area contributed by atoms with Gasteiger partial charge in [-0.25, -0.2) is 0 Å². The van der Waals surface area contributed by atoms with Crippen LogP contribution in [0.1, 0.15) is 56.2 Å². The molecule has 0 saturated heterocycles. The van der Waals surface area contributed by atoms with E-state index in [4.69, 9.17) is 4.42 Å². The Hall–Kier alpha value is -3.53. The topological polar surface area (TPSA) is 89.6 Å². The Morgan fingerprint density at radius 2 is 1.82 bits per heavy atom. The molecule has 1 unspecified atom stereocenters. The van der Waals surface area contributed by atoms with Crippen LogP contribution in [-0.2, 0) is 16.0 Å². The number of fused-ring (bicyclic) bond motifs is 2. The van der Waals surface area contributed by atoms with Crippen molar-refractivity contribution in [2.45, 2.75) is 52.5 Å². The lowest BCUT2D eigenvalue weighted by atomic mass is 9.74. The lowest BCUT2D eigenvalue weighted by Gasteiger charge is -2.34. The van der Waals surface area contributed by atoms with Crippen molar-refractivity contribution < 1.29 is 14.0 Å². The van der Waals surface area contributed by atoms with Gasteiger partial charge < -0.3 is 19.5 Å². The van der Waals surface area contributed by atoms with Gasteiger partial charge in [-0.3, -0.25) is 9.59 Å². The molecular weight excluding hydrogens is 416 g/mol. The van der Waals surface area contributed by atoms with E-state index >= 15 is 0 Å². The summed E-state index contributed by atoms with van der Waals surface area (Å²) in [4.78, 5) is 29.4. The highest BCUT2D eigenvalue weighted by atomic mass is 16.3. The third-order valence-corrected chi connectivity index (χ3v) is 6.50. The minimum atomic E-state index is -0.335. The number of hydrogen-bond donors (Lipinski definition) is 1. The number of anilines is 2. The minimum absolute atomic E-state index is 0.0100. The molecule has 1 amide bonds. The van der Waals surface area contributed by atoms with Gasteiger partial charge in [-0.15, -0.1) is 0 Å². The van der Waals surface area contributed by atoms with Gasteiger partial charge in [0.15, 0.2) is 5.78 Å². The van der Waals surface area contributed by atoms with Crippen LogP contribution in [0.4, 0.5) is 11.4 Å². The smallest absolute Gasteiger partial charge is 0.220 e. The van der Waals surface area contributed by atoms with Gasteiger partial charge in [-0.2, -0.15) is 5.26 Å². The van der Waals surface area contributed by atoms with Crippen molar-refractivity contribution in [2.75, 3.05) is 23.9 Å². The fourth-order valence-corrected chi connectivity index (χ4v) is 4.99. The minimum Gasteiger partial charge on any atom is -0.466 e. The molecule has 1 aromatic carbocycles. The Bertz CT molecular complexity index is 1150. The number of para-hydroxylation sites is 2. The first-order valence-electron chi connectivity index (χ1n) is 11.2. The molecule has 0 fully saturated rings. The molecule has 33 heavy (non-hydrogen) atoms. The van der Waals surface area contributed by atoms with Crippen molar-refractivity contribution in [2.24, 2.45) is 5.41 Å². The molecule has 0 spiro atoms. The first-order valence-corrected chi connectivity index (χ1v) is 11.2. The Morgan fingerprint density at radius 1 is 1.18 bits per heavy atom. The van der Waals surface area contributed by atoms with Crippen LogP contribution in [-0.4, -0.2) is 25.8 Å². The van der Waals surface area contributed by atoms with Gasteiger partial charge >= 0.3 is 0 Å². The summed E-state index contributed by atoms with van der Waals surface area (Å²) >= 11 is 0. The number of amides is 1. The van der Waals surface area contributed by atoms with Crippen LogP contribution in [0, 0.1) is 23.7 Å². The highest BCUT2D eigenvalue weighted by Gasteiger charge is 2.36. The van der Waals surface area contributed by atoms with Crippen LogP contribution in [0.15, 0.2) is 46.1 Å². The zero-order chi connectivity index (χ0) is 23.9. The molecule has 1 aromatic heterocycles. The first-order chi connectivity index (χ1) is 15.6. The molecule has 2 heterocycles. The zero-order valence-electron chi connectivity index (χ0n) is 19.9. The van der Waals surface area contributed by atoms with E-state index in [1.165, 1.54) is 0 Å². The highest BCUT2D eigenvalue weighted by Crippen LogP contribution is 2.42. The van der Waals surface area contributed by atoms with Crippen molar-refractivity contribution >= 4 is 23.1 Å². The fraction of sp³-hybridized carbons (Fsp3) is 0.423. The Balaban J connectivity index is 1.45. The molecule has 0 saturated carbocycles. The number of nitriles is 1. The van der Waals surface area contributed by atoms with Gasteiger partial charge in [0.25, 0.3) is 0 Å². The molecule has 7 heteroatoms. The summed E-state index contributed by atoms with van der Waals surface area (Å²) in [5.74, 6) is 1.76. The Kier molecular flexibility index (Phi) is 5.79. The Labute approximate surface area is 194 Å². The number of aryl methyl sites for hydroxylation is 1. The van der Waals surface area contributed by atoms with Crippen LogP contribution in [0.2, 0.25) is 0 Å². The zero-order valence-corrected chi connectivity index (χ0v) is 19.9. The van der Waals surface area contributed by atoms with E-state index in [9.17, 15) is 14.9 Å². The van der Waals surface area contributed by atoms with Crippen LogP contribution in [0.5, 0.6) is 0 Å². The summed E-state index contributed by atoms with van der Waals surface area (Å²) in [7, 11) is 3.68. The number of Topliss-reactive ketones (excluding diaryl/α,β-unsaturated/α-hetero) is 1. The molecule has 1 N–H and O–H groups in total. The van der Waals surface area contributed by atoms with Crippen molar-refractivity contribution in [3.63, 3.8) is 0 Å². The van der Waals surface area contributed by atoms with Gasteiger partial charge in [0, 0.05) is 38.9 Å². The van der Waals surface area contributed by atoms with Gasteiger partial charge in [-0.05, 0) is 37.0 Å². The third kappa shape index (κ3) is 4.25. The predicted molar refractivity (Wildman–Crippen MR) is 127 cm³/mol. The number of carbonyl (C=O) groups is 2. The van der Waals surface area contributed by atoms with Crippen LogP contribution >= 0.6 is 0 Å². The SMILES string of the molecule is Cc1cc2c(o1)CC(C)(C)CC2NC(=O)CCC(=O)C(C#N)=C1N(C)c2ccccc2N1C. The second-order valence-corrected chi connectivity index (χ2v) is 9.74. The molecule has 4 rings (SSSR count). The summed E-state index contributed by atoms with van der Waals surface area (Å²) < 4.78 is 5.84. The molecule has 1 aliphatic carbocycles. The molecule has 1 aliphatic heterocycles. The van der Waals surface area contributed by atoms with Crippen LogP contribution in [0.3, 0.4) is 0 Å². The molecular formula is C26H30N4O3. The second-order valence-electron chi connectivity index (χ2n) is 9.74. The van der Waals surface area contributed by atoms with E-state index in [0.29, 0.717) is 5.82 Å². The lowest BCUT2D eigenvalue weighted by Crippen LogP contribution is -2.36. The first kappa shape index (κ1) is 22.7. The van der Waals surface area contributed by atoms with E-state index in [-0.39, 0.29) is 41.6 Å². The van der Waals surface area contributed by atoms with Gasteiger partial charge in [0.2, 0.25) is 5.91 Å². The monoisotopic (exact) mass is 446 g/mol. The van der Waals surface area contributed by atoms with E-state index in [1.807, 2.05) is 61.2 Å². The summed E-state index contributed by atoms with van der Waals surface area (Å²) in [6.07, 6.45) is 1.65. The molecule has 2 aliphatic rings. The van der Waals surface area contributed by atoms with Gasteiger partial charge in [0.1, 0.15) is 29.0 Å². The number of ketones is 1. The summed E-state index contributed by atoms with van der Waals surface area (Å²) in [5, 5.41) is 12.9. The summed E-state index contributed by atoms with van der Waals surface area (Å²) in [6.45, 7) is 6.23. The van der Waals surface area contributed by atoms with Crippen molar-refractivity contribution in [3.8, 4) is 6.07 Å². The molecule has 7 nitrogen and oxygen atoms in total. The van der Waals surface area contributed by atoms with E-state index in [0.717, 1.165) is 41.3 Å². The largest absolute Gasteiger partial charge is 0.466 e. The standard InChI is InChI=1S/C26H30N4O3/c1-16-12-17-19(13-26(2,3)14-23(17)33-16)28-24(32)11-10-22(31)18(15-27)25-29(4)20-8-6-7-9-21(20)30(25)5/h6-9,12,19H,10-11,13-14H2,1-5H3,(H,28,32). The average Bonchev–Trinajstić information content (AvgIpc) is 3.24. The number of benzene rings is 1. The Morgan fingerprint density at radius 3 is 2.42 bits per heavy atom. The quantitative estimate of drug-likeness (QED) is 0.541. The molecule has 172 valence electrons. The van der Waals surface area contributed by atoms with E-state index in [2.05, 4.69) is 25.2 Å². The normalized spacial score (nSPS) is 18.4. The molecule has 1 atom stereocenters. The van der Waals surface area contributed by atoms with Crippen molar-refractivity contribution in [1.82, 2.24) is 5.32 Å². The summed E-state index contributed by atoms with van der Waals surface area (Å²) in [5.41, 5.74) is 2.96. The van der Waals surface area contributed by atoms with Gasteiger partial charge in [0.05, 0.1) is 17.4 Å². The highest BCUT2D eigenvalue weighted by molar-refractivity contribution is 6.03. The maximum absolute atomic E-state index is 13.0. The van der Waals surface area contributed by atoms with Gasteiger partial charge in [-0.1, -0.05) is 26.0 Å². The second kappa shape index (κ2) is 8.43. The predicted octanol–water partition coefficient (Wildman–Crippen LogP) is 4.39. The number of furan rings is 1. The molecule has 2 aromatic rings. The number of rotatable bonds is 5. The number of hydrogen-bond acceptors (Lipinski definition) is 6. The van der Waals surface area contributed by atoms with Crippen molar-refractivity contribution in [3.05, 3.63) is 58.8 Å². The number of nitrogens with one attached hydrogen (secondary N) is 1. The maximum atomic E-state index is 13.0. The maximum Gasteiger partial charge on any atom is 0.220 e. The molecule has 0 bridgehead atoms. The number of allylic oxidation sites excluding steroid dienone is 1. The van der Waals surface area contributed by atoms with Crippen LogP contribution < -0.4 is 15.1 Å². The summed E-state index contributed by atoms with van der Waals surface area (Å²) in [6, 6.07) is 11.7. The fourth-order valence-electron chi connectivity index (χ4n) is 4.99. The van der Waals surface area contributed by atoms with Crippen molar-refractivity contribution in [1.29, 1.82) is 5.26 Å². The third-order valence-electron chi connectivity index (χ3n) is 6.50. The van der Waals surface area contributed by atoms with E-state index < -0.39 is 0 Å².